The molecule has 9 heteroatoms. The number of rotatable bonds is 3. The molecule has 0 aliphatic carbocycles. The Balaban J connectivity index is 1.48. The number of hydrogen-bond acceptors (Lipinski definition) is 5. The summed E-state index contributed by atoms with van der Waals surface area (Å²) in [5.41, 5.74) is 0.866. The average Bonchev–Trinajstić information content (AvgIpc) is 3.12. The number of anilines is 2. The third kappa shape index (κ3) is 3.39. The number of nitrogens with zero attached hydrogens (tertiary/aromatic N) is 5. The van der Waals surface area contributed by atoms with Crippen LogP contribution >= 0.6 is 15.9 Å². The first-order chi connectivity index (χ1) is 12.6. The summed E-state index contributed by atoms with van der Waals surface area (Å²) in [5.74, 6) is -0.101. The van der Waals surface area contributed by atoms with Crippen LogP contribution in [0.1, 0.15) is 12.8 Å². The summed E-state index contributed by atoms with van der Waals surface area (Å²) < 4.78 is 16.2. The van der Waals surface area contributed by atoms with Crippen molar-refractivity contribution >= 4 is 39.0 Å². The molecule has 1 atom stereocenters. The zero-order valence-corrected chi connectivity index (χ0v) is 15.4. The molecule has 3 aromatic rings. The molecular formula is C17H16BrFN6O. The zero-order chi connectivity index (χ0) is 18.1. The molecule has 3 heterocycles. The second kappa shape index (κ2) is 6.99. The molecule has 1 saturated heterocycles. The number of carbonyl (C=O) groups excluding carboxylic acids is 1. The van der Waals surface area contributed by atoms with Crippen molar-refractivity contribution in [1.82, 2.24) is 19.8 Å². The van der Waals surface area contributed by atoms with Crippen LogP contribution in [-0.2, 0) is 4.79 Å². The highest BCUT2D eigenvalue weighted by molar-refractivity contribution is 9.10. The lowest BCUT2D eigenvalue weighted by Gasteiger charge is -2.32. The van der Waals surface area contributed by atoms with Crippen LogP contribution in [0.15, 0.2) is 41.1 Å². The van der Waals surface area contributed by atoms with Gasteiger partial charge in [-0.15, -0.1) is 15.3 Å². The van der Waals surface area contributed by atoms with Gasteiger partial charge in [0.25, 0.3) is 0 Å². The highest BCUT2D eigenvalue weighted by Crippen LogP contribution is 2.24. The highest BCUT2D eigenvalue weighted by atomic mass is 79.9. The van der Waals surface area contributed by atoms with E-state index in [-0.39, 0.29) is 17.5 Å². The van der Waals surface area contributed by atoms with Gasteiger partial charge in [-0.05, 0) is 43.2 Å². The summed E-state index contributed by atoms with van der Waals surface area (Å²) in [6, 6.07) is 8.31. The molecule has 4 rings (SSSR count). The van der Waals surface area contributed by atoms with Crippen LogP contribution < -0.4 is 10.2 Å². The third-order valence-electron chi connectivity index (χ3n) is 4.45. The van der Waals surface area contributed by atoms with Crippen LogP contribution in [0, 0.1) is 11.7 Å². The third-order valence-corrected chi connectivity index (χ3v) is 4.95. The number of carbonyl (C=O) groups is 1. The largest absolute Gasteiger partial charge is 0.354 e. The molecule has 1 aliphatic heterocycles. The van der Waals surface area contributed by atoms with Crippen molar-refractivity contribution in [2.75, 3.05) is 23.3 Å². The number of amides is 1. The van der Waals surface area contributed by atoms with Crippen LogP contribution in [-0.4, -0.2) is 38.8 Å². The minimum atomic E-state index is -0.458. The van der Waals surface area contributed by atoms with Crippen LogP contribution in [0.25, 0.3) is 5.65 Å². The number of fused-ring (bicyclic) bond motifs is 1. The van der Waals surface area contributed by atoms with Gasteiger partial charge < -0.3 is 10.2 Å². The molecule has 1 aromatic carbocycles. The maximum Gasteiger partial charge on any atom is 0.229 e. The molecule has 7 nitrogen and oxygen atoms in total. The quantitative estimate of drug-likeness (QED) is 0.707. The molecule has 1 amide bonds. The fourth-order valence-corrected chi connectivity index (χ4v) is 3.45. The predicted octanol–water partition coefficient (Wildman–Crippen LogP) is 2.88. The van der Waals surface area contributed by atoms with Gasteiger partial charge in [0.1, 0.15) is 18.0 Å². The number of benzene rings is 1. The minimum Gasteiger partial charge on any atom is -0.354 e. The van der Waals surface area contributed by atoms with E-state index >= 15 is 0 Å². The fraction of sp³-hybridized carbons (Fsp3) is 0.294. The molecule has 1 aliphatic rings. The summed E-state index contributed by atoms with van der Waals surface area (Å²) in [6.07, 6.45) is 3.17. The smallest absolute Gasteiger partial charge is 0.229 e. The van der Waals surface area contributed by atoms with Gasteiger partial charge in [-0.25, -0.2) is 4.39 Å². The maximum atomic E-state index is 14.0. The van der Waals surface area contributed by atoms with Gasteiger partial charge in [-0.2, -0.15) is 4.52 Å². The Morgan fingerprint density at radius 1 is 1.31 bits per heavy atom. The lowest BCUT2D eigenvalue weighted by molar-refractivity contribution is -0.120. The van der Waals surface area contributed by atoms with Gasteiger partial charge in [0, 0.05) is 17.6 Å². The molecule has 0 saturated carbocycles. The Labute approximate surface area is 157 Å². The van der Waals surface area contributed by atoms with Gasteiger partial charge in [-0.3, -0.25) is 4.79 Å². The van der Waals surface area contributed by atoms with Crippen molar-refractivity contribution in [2.45, 2.75) is 12.8 Å². The topological polar surface area (TPSA) is 75.4 Å². The lowest BCUT2D eigenvalue weighted by Crippen LogP contribution is -2.41. The van der Waals surface area contributed by atoms with Crippen molar-refractivity contribution in [2.24, 2.45) is 5.92 Å². The molecule has 1 unspecified atom stereocenters. The Morgan fingerprint density at radius 2 is 2.19 bits per heavy atom. The summed E-state index contributed by atoms with van der Waals surface area (Å²) in [6.45, 7) is 1.35. The van der Waals surface area contributed by atoms with Crippen molar-refractivity contribution < 1.29 is 9.18 Å². The van der Waals surface area contributed by atoms with E-state index in [9.17, 15) is 9.18 Å². The first-order valence-electron chi connectivity index (χ1n) is 8.28. The van der Waals surface area contributed by atoms with Gasteiger partial charge >= 0.3 is 0 Å². The first kappa shape index (κ1) is 16.9. The second-order valence-electron chi connectivity index (χ2n) is 6.22. The van der Waals surface area contributed by atoms with Crippen molar-refractivity contribution in [3.63, 3.8) is 0 Å². The van der Waals surface area contributed by atoms with Crippen LogP contribution in [0.4, 0.5) is 15.9 Å². The monoisotopic (exact) mass is 418 g/mol. The van der Waals surface area contributed by atoms with E-state index < -0.39 is 5.82 Å². The molecular weight excluding hydrogens is 403 g/mol. The maximum absolute atomic E-state index is 14.0. The molecule has 2 aromatic heterocycles. The summed E-state index contributed by atoms with van der Waals surface area (Å²) in [7, 11) is 0. The van der Waals surface area contributed by atoms with Crippen LogP contribution in [0.3, 0.4) is 0 Å². The molecule has 26 heavy (non-hydrogen) atoms. The van der Waals surface area contributed by atoms with E-state index in [1.54, 1.807) is 23.0 Å². The van der Waals surface area contributed by atoms with Gasteiger partial charge in [-0.1, -0.05) is 15.9 Å². The molecule has 134 valence electrons. The standard InChI is InChI=1S/C17H16BrFN6O/c18-12-3-4-14(13(19)8-12)21-17(26)11-2-1-7-24(9-11)16-6-5-15-22-20-10-25(15)23-16/h3-6,8,10-11H,1-2,7,9H2,(H,21,26). The van der Waals surface area contributed by atoms with Crippen molar-refractivity contribution in [3.8, 4) is 0 Å². The lowest BCUT2D eigenvalue weighted by atomic mass is 9.97. The summed E-state index contributed by atoms with van der Waals surface area (Å²) >= 11 is 3.21. The Bertz CT molecular complexity index is 961. The van der Waals surface area contributed by atoms with E-state index in [1.807, 2.05) is 12.1 Å². The van der Waals surface area contributed by atoms with E-state index in [4.69, 9.17) is 0 Å². The van der Waals surface area contributed by atoms with Gasteiger partial charge in [0.15, 0.2) is 5.65 Å². The van der Waals surface area contributed by atoms with E-state index in [0.29, 0.717) is 16.7 Å². The normalized spacial score (nSPS) is 17.5. The molecule has 0 bridgehead atoms. The van der Waals surface area contributed by atoms with Gasteiger partial charge in [0.05, 0.1) is 11.6 Å². The Morgan fingerprint density at radius 3 is 3.04 bits per heavy atom. The number of aromatic nitrogens is 4. The van der Waals surface area contributed by atoms with E-state index in [2.05, 4.69) is 41.4 Å². The SMILES string of the molecule is O=C(Nc1ccc(Br)cc1F)C1CCCN(c2ccc3nncn3n2)C1. The van der Waals surface area contributed by atoms with E-state index in [0.717, 1.165) is 25.2 Å². The van der Waals surface area contributed by atoms with Crippen LogP contribution in [0.5, 0.6) is 0 Å². The average molecular weight is 419 g/mol. The van der Waals surface area contributed by atoms with Crippen molar-refractivity contribution in [3.05, 3.63) is 46.9 Å². The molecule has 1 fully saturated rings. The fourth-order valence-electron chi connectivity index (χ4n) is 3.11. The van der Waals surface area contributed by atoms with Crippen LogP contribution in [0.2, 0.25) is 0 Å². The highest BCUT2D eigenvalue weighted by Gasteiger charge is 2.27. The zero-order valence-electron chi connectivity index (χ0n) is 13.8. The number of hydrogen-bond donors (Lipinski definition) is 1. The number of piperidine rings is 1. The van der Waals surface area contributed by atoms with Gasteiger partial charge in [0.2, 0.25) is 5.91 Å². The predicted molar refractivity (Wildman–Crippen MR) is 98.4 cm³/mol. The first-order valence-corrected chi connectivity index (χ1v) is 9.07. The Kier molecular flexibility index (Phi) is 4.54. The number of nitrogens with one attached hydrogen (secondary N) is 1. The number of halogens is 2. The molecule has 0 radical (unpaired) electrons. The van der Waals surface area contributed by atoms with Crippen molar-refractivity contribution in [1.29, 1.82) is 0 Å². The second-order valence-corrected chi connectivity index (χ2v) is 7.14. The summed E-state index contributed by atoms with van der Waals surface area (Å²) in [4.78, 5) is 14.7. The summed E-state index contributed by atoms with van der Waals surface area (Å²) in [5, 5.41) is 14.9. The Hall–Kier alpha value is -2.55. The minimum absolute atomic E-state index is 0.179. The molecule has 0 spiro atoms. The molecule has 1 N–H and O–H groups in total. The van der Waals surface area contributed by atoms with E-state index in [1.165, 1.54) is 6.07 Å².